The van der Waals surface area contributed by atoms with E-state index in [-0.39, 0.29) is 12.5 Å². The van der Waals surface area contributed by atoms with Crippen molar-refractivity contribution in [2.45, 2.75) is 25.5 Å². The minimum atomic E-state index is -0.544. The fraction of sp³-hybridized carbons (Fsp3) is 0.429. The van der Waals surface area contributed by atoms with Crippen LogP contribution < -0.4 is 5.32 Å². The smallest absolute Gasteiger partial charge is 0.408 e. The molecule has 2 rings (SSSR count). The van der Waals surface area contributed by atoms with E-state index in [0.29, 0.717) is 6.42 Å². The normalized spacial score (nSPS) is 19.1. The van der Waals surface area contributed by atoms with Crippen LogP contribution in [0.1, 0.15) is 18.4 Å². The molecule has 102 valence electrons. The van der Waals surface area contributed by atoms with Crippen molar-refractivity contribution >= 4 is 12.0 Å². The molecule has 1 aromatic carbocycles. The van der Waals surface area contributed by atoms with Crippen LogP contribution in [-0.2, 0) is 16.1 Å². The maximum Gasteiger partial charge on any atom is 0.408 e. The van der Waals surface area contributed by atoms with Crippen molar-refractivity contribution in [2.24, 2.45) is 0 Å². The number of rotatable bonds is 3. The zero-order chi connectivity index (χ0) is 13.7. The summed E-state index contributed by atoms with van der Waals surface area (Å²) in [6.45, 7) is 0.958. The summed E-state index contributed by atoms with van der Waals surface area (Å²) in [6.07, 6.45) is 1.02. The Balaban J connectivity index is 1.79. The van der Waals surface area contributed by atoms with Gasteiger partial charge in [-0.1, -0.05) is 30.3 Å². The SMILES string of the molecule is CN1CCC[C@H](NC(=O)OCc2ccccc2)C1=O. The molecule has 1 aliphatic heterocycles. The average Bonchev–Trinajstić information content (AvgIpc) is 2.43. The Morgan fingerprint density at radius 2 is 2.16 bits per heavy atom. The van der Waals surface area contributed by atoms with Gasteiger partial charge in [0, 0.05) is 13.6 Å². The quantitative estimate of drug-likeness (QED) is 0.898. The van der Waals surface area contributed by atoms with Crippen molar-refractivity contribution in [3.8, 4) is 0 Å². The van der Waals surface area contributed by atoms with Gasteiger partial charge in [-0.05, 0) is 18.4 Å². The molecule has 1 aromatic rings. The molecule has 19 heavy (non-hydrogen) atoms. The summed E-state index contributed by atoms with van der Waals surface area (Å²) in [5.74, 6) is -0.0529. The maximum absolute atomic E-state index is 11.8. The number of hydrogen-bond donors (Lipinski definition) is 1. The van der Waals surface area contributed by atoms with Gasteiger partial charge in [0.15, 0.2) is 0 Å². The lowest BCUT2D eigenvalue weighted by Gasteiger charge is -2.29. The van der Waals surface area contributed by atoms with Crippen LogP contribution in [0, 0.1) is 0 Å². The first-order valence-corrected chi connectivity index (χ1v) is 6.39. The van der Waals surface area contributed by atoms with Crippen LogP contribution in [-0.4, -0.2) is 36.5 Å². The summed E-state index contributed by atoms with van der Waals surface area (Å²) in [4.78, 5) is 25.1. The lowest BCUT2D eigenvalue weighted by atomic mass is 10.1. The molecule has 0 saturated carbocycles. The summed E-state index contributed by atoms with van der Waals surface area (Å²) in [5, 5.41) is 2.62. The van der Waals surface area contributed by atoms with Gasteiger partial charge in [-0.2, -0.15) is 0 Å². The Bertz CT molecular complexity index is 447. The van der Waals surface area contributed by atoms with Gasteiger partial charge in [-0.15, -0.1) is 0 Å². The molecule has 0 radical (unpaired) electrons. The lowest BCUT2D eigenvalue weighted by Crippen LogP contribution is -2.50. The molecule has 0 aliphatic carbocycles. The molecule has 0 spiro atoms. The van der Waals surface area contributed by atoms with Crippen LogP contribution >= 0.6 is 0 Å². The number of nitrogens with zero attached hydrogens (tertiary/aromatic N) is 1. The number of piperidine rings is 1. The van der Waals surface area contributed by atoms with Gasteiger partial charge in [-0.3, -0.25) is 4.79 Å². The molecule has 0 unspecified atom stereocenters. The van der Waals surface area contributed by atoms with Crippen LogP contribution in [0.4, 0.5) is 4.79 Å². The third-order valence-electron chi connectivity index (χ3n) is 3.17. The number of benzene rings is 1. The second kappa shape index (κ2) is 6.22. The highest BCUT2D eigenvalue weighted by Crippen LogP contribution is 2.10. The highest BCUT2D eigenvalue weighted by molar-refractivity contribution is 5.86. The molecular formula is C14H18N2O3. The van der Waals surface area contributed by atoms with Crippen molar-refractivity contribution in [2.75, 3.05) is 13.6 Å². The van der Waals surface area contributed by atoms with E-state index < -0.39 is 12.1 Å². The molecule has 5 heteroatoms. The summed E-state index contributed by atoms with van der Waals surface area (Å²) in [5.41, 5.74) is 0.921. The first-order chi connectivity index (χ1) is 9.16. The molecule has 5 nitrogen and oxygen atoms in total. The Kier molecular flexibility index (Phi) is 4.39. The fourth-order valence-electron chi connectivity index (χ4n) is 2.07. The van der Waals surface area contributed by atoms with E-state index in [0.717, 1.165) is 18.5 Å². The van der Waals surface area contributed by atoms with E-state index in [1.165, 1.54) is 0 Å². The zero-order valence-corrected chi connectivity index (χ0v) is 11.0. The van der Waals surface area contributed by atoms with Gasteiger partial charge in [0.1, 0.15) is 12.6 Å². The van der Waals surface area contributed by atoms with Gasteiger partial charge in [0.05, 0.1) is 0 Å². The second-order valence-corrected chi connectivity index (χ2v) is 4.66. The number of alkyl carbamates (subject to hydrolysis) is 1. The minimum Gasteiger partial charge on any atom is -0.445 e. The molecule has 0 bridgehead atoms. The van der Waals surface area contributed by atoms with E-state index in [2.05, 4.69) is 5.32 Å². The van der Waals surface area contributed by atoms with E-state index in [1.807, 2.05) is 30.3 Å². The molecule has 0 aromatic heterocycles. The van der Waals surface area contributed by atoms with Crippen LogP contribution in [0.15, 0.2) is 30.3 Å². The van der Waals surface area contributed by atoms with Crippen molar-refractivity contribution < 1.29 is 14.3 Å². The molecule has 1 atom stereocenters. The van der Waals surface area contributed by atoms with Gasteiger partial charge in [0.2, 0.25) is 5.91 Å². The van der Waals surface area contributed by atoms with Crippen molar-refractivity contribution in [1.29, 1.82) is 0 Å². The Labute approximate surface area is 112 Å². The average molecular weight is 262 g/mol. The highest BCUT2D eigenvalue weighted by Gasteiger charge is 2.27. The zero-order valence-electron chi connectivity index (χ0n) is 11.0. The van der Waals surface area contributed by atoms with Crippen LogP contribution in [0.25, 0.3) is 0 Å². The molecule has 1 N–H and O–H groups in total. The number of nitrogens with one attached hydrogen (secondary N) is 1. The van der Waals surface area contributed by atoms with E-state index in [9.17, 15) is 9.59 Å². The van der Waals surface area contributed by atoms with Crippen LogP contribution in [0.2, 0.25) is 0 Å². The number of carbonyl (C=O) groups excluding carboxylic acids is 2. The molecule has 1 saturated heterocycles. The standard InChI is InChI=1S/C14H18N2O3/c1-16-9-5-8-12(13(16)17)15-14(18)19-10-11-6-3-2-4-7-11/h2-4,6-7,12H,5,8-10H2,1H3,(H,15,18)/t12-/m0/s1. The lowest BCUT2D eigenvalue weighted by molar-refractivity contribution is -0.134. The number of amides is 2. The largest absolute Gasteiger partial charge is 0.445 e. The number of ether oxygens (including phenoxy) is 1. The number of carbonyl (C=O) groups is 2. The van der Waals surface area contributed by atoms with Crippen LogP contribution in [0.3, 0.4) is 0 Å². The second-order valence-electron chi connectivity index (χ2n) is 4.66. The predicted octanol–water partition coefficient (Wildman–Crippen LogP) is 1.53. The summed E-state index contributed by atoms with van der Waals surface area (Å²) in [6, 6.07) is 8.98. The predicted molar refractivity (Wildman–Crippen MR) is 70.4 cm³/mol. The van der Waals surface area contributed by atoms with E-state index >= 15 is 0 Å². The summed E-state index contributed by atoms with van der Waals surface area (Å²) in [7, 11) is 1.74. The third kappa shape index (κ3) is 3.71. The Morgan fingerprint density at radius 1 is 1.42 bits per heavy atom. The number of hydrogen-bond acceptors (Lipinski definition) is 3. The van der Waals surface area contributed by atoms with Crippen molar-refractivity contribution in [3.63, 3.8) is 0 Å². The highest BCUT2D eigenvalue weighted by atomic mass is 16.5. The van der Waals surface area contributed by atoms with Crippen molar-refractivity contribution in [3.05, 3.63) is 35.9 Å². The van der Waals surface area contributed by atoms with Crippen LogP contribution in [0.5, 0.6) is 0 Å². The molecule has 1 heterocycles. The monoisotopic (exact) mass is 262 g/mol. The number of likely N-dealkylation sites (tertiary alicyclic amines) is 1. The Hall–Kier alpha value is -2.04. The topological polar surface area (TPSA) is 58.6 Å². The fourth-order valence-corrected chi connectivity index (χ4v) is 2.07. The van der Waals surface area contributed by atoms with Gasteiger partial charge < -0.3 is 15.0 Å². The molecule has 1 aliphatic rings. The van der Waals surface area contributed by atoms with E-state index in [4.69, 9.17) is 4.74 Å². The third-order valence-corrected chi connectivity index (χ3v) is 3.17. The molecule has 1 fully saturated rings. The summed E-state index contributed by atoms with van der Waals surface area (Å²) < 4.78 is 5.09. The maximum atomic E-state index is 11.8. The van der Waals surface area contributed by atoms with Gasteiger partial charge in [0.25, 0.3) is 0 Å². The molecular weight excluding hydrogens is 244 g/mol. The molecule has 2 amide bonds. The first-order valence-electron chi connectivity index (χ1n) is 6.39. The van der Waals surface area contributed by atoms with Gasteiger partial charge in [-0.25, -0.2) is 4.79 Å². The van der Waals surface area contributed by atoms with Gasteiger partial charge >= 0.3 is 6.09 Å². The van der Waals surface area contributed by atoms with E-state index in [1.54, 1.807) is 11.9 Å². The van der Waals surface area contributed by atoms with Crippen molar-refractivity contribution in [1.82, 2.24) is 10.2 Å². The Morgan fingerprint density at radius 3 is 2.89 bits per heavy atom. The number of likely N-dealkylation sites (N-methyl/N-ethyl adjacent to an activating group) is 1. The minimum absolute atomic E-state index is 0.0529. The first kappa shape index (κ1) is 13.4. The summed E-state index contributed by atoms with van der Waals surface area (Å²) >= 11 is 0.